The molecule has 2 aromatic carbocycles. The summed E-state index contributed by atoms with van der Waals surface area (Å²) in [6, 6.07) is 13.5. The zero-order valence-corrected chi connectivity index (χ0v) is 16.8. The van der Waals surface area contributed by atoms with Gasteiger partial charge >= 0.3 is 0 Å². The van der Waals surface area contributed by atoms with E-state index in [4.69, 9.17) is 9.47 Å². The number of amides is 1. The Hall–Kier alpha value is -3.13. The van der Waals surface area contributed by atoms with E-state index in [1.165, 1.54) is 11.3 Å². The summed E-state index contributed by atoms with van der Waals surface area (Å²) in [5, 5.41) is 15.6. The number of anilines is 2. The monoisotopic (exact) mass is 398 g/mol. The van der Waals surface area contributed by atoms with Crippen molar-refractivity contribution in [2.75, 3.05) is 19.5 Å². The molecule has 0 bridgehead atoms. The van der Waals surface area contributed by atoms with Crippen LogP contribution >= 0.6 is 11.3 Å². The fourth-order valence-electron chi connectivity index (χ4n) is 2.61. The van der Waals surface area contributed by atoms with Crippen molar-refractivity contribution in [3.8, 4) is 11.5 Å². The molecule has 0 fully saturated rings. The van der Waals surface area contributed by atoms with Crippen LogP contribution in [0, 0.1) is 6.92 Å². The Morgan fingerprint density at radius 1 is 1.11 bits per heavy atom. The van der Waals surface area contributed by atoms with E-state index in [1.54, 1.807) is 20.3 Å². The van der Waals surface area contributed by atoms with Gasteiger partial charge in [-0.25, -0.2) is 0 Å². The van der Waals surface area contributed by atoms with Crippen LogP contribution in [0.4, 0.5) is 10.8 Å². The molecule has 2 N–H and O–H groups in total. The summed E-state index contributed by atoms with van der Waals surface area (Å²) in [4.78, 5) is 12.3. The SMILES string of the molecule is COc1ccc(CNC(=O)Cc2nnc(Nc3cccc(C)c3)s2)c(OC)c1. The second-order valence-corrected chi connectivity index (χ2v) is 7.19. The second kappa shape index (κ2) is 9.18. The molecule has 1 amide bonds. The predicted molar refractivity (Wildman–Crippen MR) is 109 cm³/mol. The summed E-state index contributed by atoms with van der Waals surface area (Å²) >= 11 is 1.36. The zero-order chi connectivity index (χ0) is 19.9. The first kappa shape index (κ1) is 19.6. The number of hydrogen-bond donors (Lipinski definition) is 2. The van der Waals surface area contributed by atoms with E-state index >= 15 is 0 Å². The average molecular weight is 398 g/mol. The van der Waals surface area contributed by atoms with Crippen molar-refractivity contribution in [3.63, 3.8) is 0 Å². The molecule has 0 aliphatic heterocycles. The lowest BCUT2D eigenvalue weighted by molar-refractivity contribution is -0.120. The molecule has 0 radical (unpaired) electrons. The van der Waals surface area contributed by atoms with Crippen LogP contribution in [0.1, 0.15) is 16.1 Å². The van der Waals surface area contributed by atoms with Gasteiger partial charge < -0.3 is 20.1 Å². The summed E-state index contributed by atoms with van der Waals surface area (Å²) in [7, 11) is 3.18. The van der Waals surface area contributed by atoms with E-state index in [0.717, 1.165) is 16.8 Å². The number of ether oxygens (including phenoxy) is 2. The Bertz CT molecular complexity index is 958. The lowest BCUT2D eigenvalue weighted by Gasteiger charge is -2.11. The molecule has 0 unspecified atom stereocenters. The van der Waals surface area contributed by atoms with Crippen LogP contribution in [0.15, 0.2) is 42.5 Å². The molecule has 8 heteroatoms. The van der Waals surface area contributed by atoms with Crippen molar-refractivity contribution in [1.82, 2.24) is 15.5 Å². The highest BCUT2D eigenvalue weighted by Gasteiger charge is 2.11. The predicted octanol–water partition coefficient (Wildman–Crippen LogP) is 3.47. The molecule has 28 heavy (non-hydrogen) atoms. The number of aromatic nitrogens is 2. The number of nitrogens with one attached hydrogen (secondary N) is 2. The highest BCUT2D eigenvalue weighted by atomic mass is 32.1. The standard InChI is InChI=1S/C20H22N4O3S/c1-13-5-4-6-15(9-13)22-20-24-23-19(28-20)11-18(25)21-12-14-7-8-16(26-2)10-17(14)27-3/h4-10H,11-12H2,1-3H3,(H,21,25)(H,22,24). The Morgan fingerprint density at radius 3 is 2.71 bits per heavy atom. The Labute approximate surface area is 167 Å². The van der Waals surface area contributed by atoms with Crippen LogP contribution in [-0.4, -0.2) is 30.3 Å². The Kier molecular flexibility index (Phi) is 6.44. The van der Waals surface area contributed by atoms with Gasteiger partial charge in [0.1, 0.15) is 16.5 Å². The quantitative estimate of drug-likeness (QED) is 0.604. The van der Waals surface area contributed by atoms with E-state index in [2.05, 4.69) is 20.8 Å². The second-order valence-electron chi connectivity index (χ2n) is 6.13. The lowest BCUT2D eigenvalue weighted by atomic mass is 10.2. The molecule has 3 rings (SSSR count). The number of hydrogen-bond acceptors (Lipinski definition) is 7. The maximum atomic E-state index is 12.3. The molecule has 146 valence electrons. The third-order valence-electron chi connectivity index (χ3n) is 4.02. The Balaban J connectivity index is 1.55. The van der Waals surface area contributed by atoms with E-state index in [0.29, 0.717) is 28.2 Å². The van der Waals surface area contributed by atoms with Crippen LogP contribution in [0.2, 0.25) is 0 Å². The van der Waals surface area contributed by atoms with Crippen LogP contribution in [0.3, 0.4) is 0 Å². The summed E-state index contributed by atoms with van der Waals surface area (Å²) in [5.41, 5.74) is 2.97. The number of aryl methyl sites for hydroxylation is 1. The first-order chi connectivity index (χ1) is 13.6. The van der Waals surface area contributed by atoms with Crippen LogP contribution in [0.25, 0.3) is 0 Å². The highest BCUT2D eigenvalue weighted by Crippen LogP contribution is 2.25. The molecule has 0 aliphatic carbocycles. The number of benzene rings is 2. The molecule has 0 spiro atoms. The van der Waals surface area contributed by atoms with Crippen molar-refractivity contribution in [1.29, 1.82) is 0 Å². The molecule has 0 atom stereocenters. The zero-order valence-electron chi connectivity index (χ0n) is 16.0. The lowest BCUT2D eigenvalue weighted by Crippen LogP contribution is -2.24. The summed E-state index contributed by atoms with van der Waals surface area (Å²) in [6.07, 6.45) is 0.172. The molecule has 0 aliphatic rings. The molecule has 1 aromatic heterocycles. The number of rotatable bonds is 8. The molecule has 3 aromatic rings. The summed E-state index contributed by atoms with van der Waals surface area (Å²) in [5.74, 6) is 1.24. The molecular formula is C20H22N4O3S. The van der Waals surface area contributed by atoms with Gasteiger partial charge in [0, 0.05) is 23.9 Å². The van der Waals surface area contributed by atoms with Crippen molar-refractivity contribution in [3.05, 3.63) is 58.6 Å². The number of nitrogens with zero attached hydrogens (tertiary/aromatic N) is 2. The van der Waals surface area contributed by atoms with Gasteiger partial charge in [0.15, 0.2) is 0 Å². The van der Waals surface area contributed by atoms with Gasteiger partial charge in [-0.1, -0.05) is 23.5 Å². The molecule has 0 saturated carbocycles. The van der Waals surface area contributed by atoms with Crippen molar-refractivity contribution in [2.24, 2.45) is 0 Å². The van der Waals surface area contributed by atoms with E-state index in [1.807, 2.05) is 43.3 Å². The third-order valence-corrected chi connectivity index (χ3v) is 4.86. The van der Waals surface area contributed by atoms with Gasteiger partial charge in [0.2, 0.25) is 11.0 Å². The third kappa shape index (κ3) is 5.20. The minimum Gasteiger partial charge on any atom is -0.497 e. The van der Waals surface area contributed by atoms with Crippen LogP contribution in [-0.2, 0) is 17.8 Å². The first-order valence-electron chi connectivity index (χ1n) is 8.71. The topological polar surface area (TPSA) is 85.4 Å². The minimum absolute atomic E-state index is 0.129. The van der Waals surface area contributed by atoms with E-state index in [9.17, 15) is 4.79 Å². The molecular weight excluding hydrogens is 376 g/mol. The normalized spacial score (nSPS) is 10.4. The van der Waals surface area contributed by atoms with Gasteiger partial charge in [0.05, 0.1) is 20.6 Å². The van der Waals surface area contributed by atoms with E-state index < -0.39 is 0 Å². The van der Waals surface area contributed by atoms with Gasteiger partial charge in [-0.05, 0) is 36.8 Å². The summed E-state index contributed by atoms with van der Waals surface area (Å²) in [6.45, 7) is 2.39. The number of carbonyl (C=O) groups excluding carboxylic acids is 1. The van der Waals surface area contributed by atoms with Gasteiger partial charge in [-0.3, -0.25) is 4.79 Å². The number of methoxy groups -OCH3 is 2. The molecule has 1 heterocycles. The van der Waals surface area contributed by atoms with Crippen molar-refractivity contribution in [2.45, 2.75) is 19.9 Å². The summed E-state index contributed by atoms with van der Waals surface area (Å²) < 4.78 is 10.5. The highest BCUT2D eigenvalue weighted by molar-refractivity contribution is 7.15. The smallest absolute Gasteiger partial charge is 0.227 e. The fourth-order valence-corrected chi connectivity index (χ4v) is 3.37. The molecule has 0 saturated heterocycles. The van der Waals surface area contributed by atoms with Crippen molar-refractivity contribution >= 4 is 28.1 Å². The maximum Gasteiger partial charge on any atom is 0.227 e. The minimum atomic E-state index is -0.129. The largest absolute Gasteiger partial charge is 0.497 e. The first-order valence-corrected chi connectivity index (χ1v) is 9.52. The van der Waals surface area contributed by atoms with Gasteiger partial charge in [-0.2, -0.15) is 0 Å². The fraction of sp³-hybridized carbons (Fsp3) is 0.250. The van der Waals surface area contributed by atoms with Gasteiger partial charge in [-0.15, -0.1) is 10.2 Å². The van der Waals surface area contributed by atoms with E-state index in [-0.39, 0.29) is 12.3 Å². The maximum absolute atomic E-state index is 12.3. The molecule has 7 nitrogen and oxygen atoms in total. The van der Waals surface area contributed by atoms with Crippen molar-refractivity contribution < 1.29 is 14.3 Å². The van der Waals surface area contributed by atoms with Crippen LogP contribution < -0.4 is 20.1 Å². The number of carbonyl (C=O) groups is 1. The average Bonchev–Trinajstić information content (AvgIpc) is 3.12. The van der Waals surface area contributed by atoms with Gasteiger partial charge in [0.25, 0.3) is 0 Å². The van der Waals surface area contributed by atoms with Crippen LogP contribution in [0.5, 0.6) is 11.5 Å². The Morgan fingerprint density at radius 2 is 1.96 bits per heavy atom.